The third-order valence-electron chi connectivity index (χ3n) is 7.81. The highest BCUT2D eigenvalue weighted by Gasteiger charge is 2.52. The van der Waals surface area contributed by atoms with Gasteiger partial charge in [-0.1, -0.05) is 11.6 Å². The summed E-state index contributed by atoms with van der Waals surface area (Å²) in [7, 11) is 3.52. The molecule has 35 heavy (non-hydrogen) atoms. The Labute approximate surface area is 204 Å². The van der Waals surface area contributed by atoms with E-state index in [0.717, 1.165) is 12.8 Å². The van der Waals surface area contributed by atoms with Gasteiger partial charge < -0.3 is 19.5 Å². The van der Waals surface area contributed by atoms with Gasteiger partial charge in [-0.2, -0.15) is 0 Å². The number of carboxylic acids is 1. The van der Waals surface area contributed by atoms with Crippen LogP contribution in [0.5, 0.6) is 5.75 Å². The first-order valence-corrected chi connectivity index (χ1v) is 12.4. The predicted octanol–water partition coefficient (Wildman–Crippen LogP) is 3.43. The number of amides is 1. The van der Waals surface area contributed by atoms with Crippen LogP contribution in [0, 0.1) is 30.6 Å². The molecule has 5 rings (SSSR count). The van der Waals surface area contributed by atoms with Gasteiger partial charge >= 0.3 is 12.1 Å². The molecule has 10 heteroatoms. The number of ether oxygens (including phenoxy) is 2. The van der Waals surface area contributed by atoms with Crippen LogP contribution in [0.4, 0.5) is 4.79 Å². The number of pyridine rings is 1. The molecule has 0 radical (unpaired) electrons. The second-order valence-electron chi connectivity index (χ2n) is 10.3. The molecule has 0 aliphatic heterocycles. The highest BCUT2D eigenvalue weighted by atomic mass is 16.6. The topological polar surface area (TPSA) is 120 Å². The number of aromatic nitrogens is 4. The Balaban J connectivity index is 1.24. The third-order valence-corrected chi connectivity index (χ3v) is 7.81. The summed E-state index contributed by atoms with van der Waals surface area (Å²) < 4.78 is 13.3. The Kier molecular flexibility index (Phi) is 6.37. The molecule has 4 atom stereocenters. The van der Waals surface area contributed by atoms with Gasteiger partial charge in [-0.25, -0.2) is 14.5 Å². The van der Waals surface area contributed by atoms with Gasteiger partial charge in [0.1, 0.15) is 23.7 Å². The summed E-state index contributed by atoms with van der Waals surface area (Å²) in [5.74, 6) is 0.960. The summed E-state index contributed by atoms with van der Waals surface area (Å²) >= 11 is 0. The quantitative estimate of drug-likeness (QED) is 0.606. The molecule has 1 amide bonds. The Hall–Kier alpha value is -3.17. The lowest BCUT2D eigenvalue weighted by atomic mass is 9.85. The monoisotopic (exact) mass is 483 g/mol. The number of rotatable bonds is 8. The second-order valence-corrected chi connectivity index (χ2v) is 10.3. The van der Waals surface area contributed by atoms with Crippen LogP contribution in [-0.2, 0) is 23.2 Å². The zero-order chi connectivity index (χ0) is 24.7. The minimum atomic E-state index is -0.721. The van der Waals surface area contributed by atoms with Crippen molar-refractivity contribution in [2.75, 3.05) is 13.6 Å². The van der Waals surface area contributed by atoms with Crippen molar-refractivity contribution < 1.29 is 24.2 Å². The highest BCUT2D eigenvalue weighted by molar-refractivity contribution is 5.71. The molecule has 2 heterocycles. The van der Waals surface area contributed by atoms with Crippen LogP contribution in [0.25, 0.3) is 11.4 Å². The summed E-state index contributed by atoms with van der Waals surface area (Å²) in [5.41, 5.74) is 2.53. The molecule has 3 aliphatic rings. The van der Waals surface area contributed by atoms with Crippen molar-refractivity contribution in [3.05, 3.63) is 23.5 Å². The van der Waals surface area contributed by atoms with Crippen LogP contribution in [0.15, 0.2) is 12.1 Å². The SMILES string of the molecule is Cc1nc(-c2nnn(C)c2COC(=O)N(C)CC2CCC2)ccc1O[C@@H]1C[C@H]2C[C@H]2[C@H](C(=O)O)C1. The number of hydrogen-bond acceptors (Lipinski definition) is 7. The zero-order valence-corrected chi connectivity index (χ0v) is 20.5. The number of nitrogens with zero attached hydrogens (tertiary/aromatic N) is 5. The Morgan fingerprint density at radius 1 is 1.23 bits per heavy atom. The molecular formula is C25H33N5O5. The van der Waals surface area contributed by atoms with Crippen LogP contribution in [0.2, 0.25) is 0 Å². The summed E-state index contributed by atoms with van der Waals surface area (Å²) in [6, 6.07) is 3.67. The zero-order valence-electron chi connectivity index (χ0n) is 20.5. The largest absolute Gasteiger partial charge is 0.488 e. The standard InChI is InChI=1S/C25H33N5O5/c1-14-22(35-17-9-16-10-18(16)19(11-17)24(31)32)8-7-20(26-14)23-21(30(3)28-27-23)13-34-25(33)29(2)12-15-5-4-6-15/h7-8,15-19H,4-6,9-13H2,1-3H3,(H,31,32)/t16-,17+,18+,19+/m0/s1. The van der Waals surface area contributed by atoms with E-state index in [-0.39, 0.29) is 24.7 Å². The van der Waals surface area contributed by atoms with Crippen molar-refractivity contribution in [2.24, 2.45) is 30.7 Å². The second kappa shape index (κ2) is 9.47. The number of carbonyl (C=O) groups is 2. The van der Waals surface area contributed by atoms with Crippen LogP contribution >= 0.6 is 0 Å². The van der Waals surface area contributed by atoms with E-state index in [1.807, 2.05) is 19.1 Å². The van der Waals surface area contributed by atoms with E-state index in [2.05, 4.69) is 15.3 Å². The maximum Gasteiger partial charge on any atom is 0.409 e. The van der Waals surface area contributed by atoms with E-state index in [9.17, 15) is 14.7 Å². The molecule has 2 aromatic heterocycles. The van der Waals surface area contributed by atoms with Crippen molar-refractivity contribution in [3.8, 4) is 17.1 Å². The molecule has 3 fully saturated rings. The first kappa shape index (κ1) is 23.6. The number of fused-ring (bicyclic) bond motifs is 1. The first-order chi connectivity index (χ1) is 16.8. The van der Waals surface area contributed by atoms with E-state index in [1.165, 1.54) is 19.3 Å². The normalized spacial score (nSPS) is 25.3. The van der Waals surface area contributed by atoms with Gasteiger partial charge in [0.2, 0.25) is 0 Å². The van der Waals surface area contributed by atoms with Crippen molar-refractivity contribution in [2.45, 2.75) is 58.2 Å². The third kappa shape index (κ3) is 4.97. The maximum atomic E-state index is 12.4. The number of carbonyl (C=O) groups excluding carboxylic acids is 1. The molecule has 10 nitrogen and oxygen atoms in total. The lowest BCUT2D eigenvalue weighted by molar-refractivity contribution is -0.144. The molecule has 188 valence electrons. The molecule has 1 N–H and O–H groups in total. The highest BCUT2D eigenvalue weighted by Crippen LogP contribution is 2.53. The van der Waals surface area contributed by atoms with E-state index in [1.54, 1.807) is 23.7 Å². The van der Waals surface area contributed by atoms with Gasteiger partial charge in [0, 0.05) is 20.6 Å². The van der Waals surface area contributed by atoms with E-state index >= 15 is 0 Å². The molecular weight excluding hydrogens is 450 g/mol. The van der Waals surface area contributed by atoms with Gasteiger partial charge in [0.15, 0.2) is 0 Å². The summed E-state index contributed by atoms with van der Waals surface area (Å²) in [4.78, 5) is 30.3. The molecule has 2 aromatic rings. The Bertz CT molecular complexity index is 1110. The number of aryl methyl sites for hydroxylation is 2. The minimum Gasteiger partial charge on any atom is -0.488 e. The van der Waals surface area contributed by atoms with Gasteiger partial charge in [-0.15, -0.1) is 5.10 Å². The molecule has 3 saturated carbocycles. The van der Waals surface area contributed by atoms with Crippen LogP contribution in [-0.4, -0.2) is 61.7 Å². The Morgan fingerprint density at radius 2 is 2.03 bits per heavy atom. The van der Waals surface area contributed by atoms with Gasteiger partial charge in [-0.3, -0.25) is 4.79 Å². The smallest absolute Gasteiger partial charge is 0.409 e. The van der Waals surface area contributed by atoms with E-state index < -0.39 is 5.97 Å². The molecule has 0 spiro atoms. The summed E-state index contributed by atoms with van der Waals surface area (Å²) in [6.45, 7) is 2.63. The van der Waals surface area contributed by atoms with Crippen LogP contribution < -0.4 is 4.74 Å². The summed E-state index contributed by atoms with van der Waals surface area (Å²) in [5, 5.41) is 17.9. The van der Waals surface area contributed by atoms with Crippen molar-refractivity contribution in [1.82, 2.24) is 24.9 Å². The van der Waals surface area contributed by atoms with Gasteiger partial charge in [0.05, 0.1) is 23.4 Å². The fourth-order valence-electron chi connectivity index (χ4n) is 5.41. The van der Waals surface area contributed by atoms with Crippen LogP contribution in [0.1, 0.15) is 49.9 Å². The maximum absolute atomic E-state index is 12.4. The first-order valence-electron chi connectivity index (χ1n) is 12.4. The Morgan fingerprint density at radius 3 is 2.71 bits per heavy atom. The minimum absolute atomic E-state index is 0.0485. The van der Waals surface area contributed by atoms with Crippen LogP contribution in [0.3, 0.4) is 0 Å². The predicted molar refractivity (Wildman–Crippen MR) is 125 cm³/mol. The lowest BCUT2D eigenvalue weighted by Gasteiger charge is -2.29. The summed E-state index contributed by atoms with van der Waals surface area (Å²) in [6.07, 6.45) is 5.51. The average molecular weight is 484 g/mol. The van der Waals surface area contributed by atoms with Crippen molar-refractivity contribution in [1.29, 1.82) is 0 Å². The lowest BCUT2D eigenvalue weighted by Crippen LogP contribution is -2.34. The molecule has 3 aliphatic carbocycles. The molecule has 0 bridgehead atoms. The fourth-order valence-corrected chi connectivity index (χ4v) is 5.41. The molecule has 0 unspecified atom stereocenters. The van der Waals surface area contributed by atoms with Gasteiger partial charge in [0.25, 0.3) is 0 Å². The van der Waals surface area contributed by atoms with E-state index in [0.29, 0.717) is 59.2 Å². The van der Waals surface area contributed by atoms with Gasteiger partial charge in [-0.05, 0) is 68.9 Å². The number of carboxylic acid groups (broad SMARTS) is 1. The van der Waals surface area contributed by atoms with E-state index in [4.69, 9.17) is 9.47 Å². The number of hydrogen-bond donors (Lipinski definition) is 1. The average Bonchev–Trinajstić information content (AvgIpc) is 3.49. The van der Waals surface area contributed by atoms with Crippen molar-refractivity contribution >= 4 is 12.1 Å². The number of aliphatic carboxylic acids is 1. The molecule has 0 saturated heterocycles. The molecule has 0 aromatic carbocycles. The van der Waals surface area contributed by atoms with Crippen molar-refractivity contribution in [3.63, 3.8) is 0 Å². The fraction of sp³-hybridized carbons (Fsp3) is 0.640.